The van der Waals surface area contributed by atoms with Gasteiger partial charge in [0, 0.05) is 0 Å². The van der Waals surface area contributed by atoms with Crippen LogP contribution in [0.15, 0.2) is 30.3 Å². The normalized spacial score (nSPS) is 11.4. The predicted molar refractivity (Wildman–Crippen MR) is 36.0 cm³/mol. The minimum absolute atomic E-state index is 0. The molecule has 0 amide bonds. The molecule has 0 saturated carbocycles. The number of hydrogen-bond donors (Lipinski definition) is 0. The zero-order chi connectivity index (χ0) is 7.40. The molecule has 0 bridgehead atoms. The fraction of sp³-hybridized carbons (Fsp3) is 0. The number of benzene rings is 1. The standard InChI is InChI=1S/C6H6O3S.K/c7-10(8)9-6-4-2-1-3-5-6;/h1-5H,(H,7,8);/q;+1/p-1. The summed E-state index contributed by atoms with van der Waals surface area (Å²) in [6.07, 6.45) is 0. The van der Waals surface area contributed by atoms with Crippen LogP contribution in [0.25, 0.3) is 0 Å². The van der Waals surface area contributed by atoms with Crippen LogP contribution >= 0.6 is 0 Å². The molecule has 1 rings (SSSR count). The molecule has 1 aromatic rings. The van der Waals surface area contributed by atoms with Crippen molar-refractivity contribution >= 4 is 11.4 Å². The summed E-state index contributed by atoms with van der Waals surface area (Å²) in [6, 6.07) is 8.30. The maximum atomic E-state index is 9.95. The Morgan fingerprint density at radius 2 is 1.82 bits per heavy atom. The third-order valence-corrected chi connectivity index (χ3v) is 1.24. The van der Waals surface area contributed by atoms with Crippen molar-refractivity contribution < 1.29 is 64.3 Å². The summed E-state index contributed by atoms with van der Waals surface area (Å²) in [7, 11) is 0. The first-order chi connectivity index (χ1) is 4.79. The van der Waals surface area contributed by atoms with E-state index in [0.29, 0.717) is 5.75 Å². The SMILES string of the molecule is O=S([O-])Oc1ccccc1.[K+]. The van der Waals surface area contributed by atoms with Gasteiger partial charge in [-0.25, -0.2) is 4.21 Å². The van der Waals surface area contributed by atoms with Crippen LogP contribution in [-0.2, 0) is 11.4 Å². The Kier molecular flexibility index (Phi) is 6.74. The van der Waals surface area contributed by atoms with E-state index in [1.165, 1.54) is 0 Å². The molecule has 0 aliphatic rings. The molecule has 0 spiro atoms. The summed E-state index contributed by atoms with van der Waals surface area (Å²) in [5.41, 5.74) is 0. The average Bonchev–Trinajstić information content (AvgIpc) is 1.88. The summed E-state index contributed by atoms with van der Waals surface area (Å²) in [5, 5.41) is 0. The molecular formula is C6H5KO3S. The van der Waals surface area contributed by atoms with Gasteiger partial charge in [-0.15, -0.1) is 0 Å². The van der Waals surface area contributed by atoms with Crippen molar-refractivity contribution in [3.05, 3.63) is 30.3 Å². The van der Waals surface area contributed by atoms with E-state index >= 15 is 0 Å². The van der Waals surface area contributed by atoms with Crippen LogP contribution in [0.4, 0.5) is 0 Å². The maximum absolute atomic E-state index is 9.95. The largest absolute Gasteiger partial charge is 1.00 e. The zero-order valence-corrected chi connectivity index (χ0v) is 9.96. The Labute approximate surface area is 110 Å². The second kappa shape index (κ2) is 6.30. The summed E-state index contributed by atoms with van der Waals surface area (Å²) in [4.78, 5) is 0. The van der Waals surface area contributed by atoms with Crippen molar-refractivity contribution in [3.63, 3.8) is 0 Å². The Morgan fingerprint density at radius 3 is 2.27 bits per heavy atom. The minimum Gasteiger partial charge on any atom is -0.740 e. The number of para-hydroxylation sites is 1. The molecule has 3 nitrogen and oxygen atoms in total. The average molecular weight is 196 g/mol. The second-order valence-corrected chi connectivity index (χ2v) is 2.18. The summed E-state index contributed by atoms with van der Waals surface area (Å²) >= 11 is -2.47. The van der Waals surface area contributed by atoms with Gasteiger partial charge in [-0.05, 0) is 12.1 Å². The van der Waals surface area contributed by atoms with E-state index < -0.39 is 11.4 Å². The van der Waals surface area contributed by atoms with Gasteiger partial charge >= 0.3 is 51.4 Å². The first-order valence-electron chi connectivity index (χ1n) is 2.61. The van der Waals surface area contributed by atoms with E-state index in [0.717, 1.165) is 0 Å². The van der Waals surface area contributed by atoms with Crippen LogP contribution < -0.4 is 55.6 Å². The van der Waals surface area contributed by atoms with Gasteiger partial charge in [0.1, 0.15) is 17.1 Å². The van der Waals surface area contributed by atoms with E-state index in [1.54, 1.807) is 30.3 Å². The molecule has 1 unspecified atom stereocenters. The fourth-order valence-corrected chi connectivity index (χ4v) is 0.823. The molecule has 0 N–H and O–H groups in total. The van der Waals surface area contributed by atoms with E-state index in [1.807, 2.05) is 0 Å². The molecule has 0 aliphatic heterocycles. The Balaban J connectivity index is 0.000001000. The molecule has 1 aromatic carbocycles. The number of hydrogen-bond acceptors (Lipinski definition) is 3. The van der Waals surface area contributed by atoms with Crippen molar-refractivity contribution in [3.8, 4) is 5.75 Å². The fourth-order valence-electron chi connectivity index (χ4n) is 0.555. The van der Waals surface area contributed by atoms with Gasteiger partial charge in [0.05, 0.1) is 0 Å². The van der Waals surface area contributed by atoms with Crippen LogP contribution in [-0.4, -0.2) is 8.76 Å². The van der Waals surface area contributed by atoms with E-state index in [-0.39, 0.29) is 51.4 Å². The van der Waals surface area contributed by atoms with Crippen LogP contribution in [0, 0.1) is 0 Å². The molecule has 0 saturated heterocycles. The molecule has 5 heteroatoms. The summed E-state index contributed by atoms with van der Waals surface area (Å²) < 4.78 is 24.2. The van der Waals surface area contributed by atoms with Gasteiger partial charge in [0.2, 0.25) is 0 Å². The number of rotatable bonds is 2. The summed E-state index contributed by atoms with van der Waals surface area (Å²) in [6.45, 7) is 0. The van der Waals surface area contributed by atoms with Crippen LogP contribution in [0.1, 0.15) is 0 Å². The van der Waals surface area contributed by atoms with Gasteiger partial charge in [-0.1, -0.05) is 18.2 Å². The maximum Gasteiger partial charge on any atom is 1.00 e. The molecule has 0 aromatic heterocycles. The van der Waals surface area contributed by atoms with Crippen LogP contribution in [0.5, 0.6) is 5.75 Å². The molecule has 54 valence electrons. The Hall–Kier alpha value is 0.766. The molecule has 0 heterocycles. The smallest absolute Gasteiger partial charge is 0.740 e. The van der Waals surface area contributed by atoms with Crippen LogP contribution in [0.2, 0.25) is 0 Å². The second-order valence-electron chi connectivity index (χ2n) is 1.60. The van der Waals surface area contributed by atoms with Crippen molar-refractivity contribution in [1.29, 1.82) is 0 Å². The first-order valence-corrected chi connectivity index (χ1v) is 3.61. The molecular weight excluding hydrogens is 191 g/mol. The topological polar surface area (TPSA) is 49.4 Å². The first kappa shape index (κ1) is 11.8. The third-order valence-electron chi connectivity index (χ3n) is 0.907. The quantitative estimate of drug-likeness (QED) is 0.401. The molecule has 0 fully saturated rings. The van der Waals surface area contributed by atoms with Gasteiger partial charge in [0.25, 0.3) is 0 Å². The Morgan fingerprint density at radius 1 is 1.27 bits per heavy atom. The Bertz CT molecular complexity index is 227. The van der Waals surface area contributed by atoms with Crippen molar-refractivity contribution in [2.45, 2.75) is 0 Å². The minimum atomic E-state index is -2.47. The van der Waals surface area contributed by atoms with Crippen molar-refractivity contribution in [2.75, 3.05) is 0 Å². The van der Waals surface area contributed by atoms with E-state index in [4.69, 9.17) is 0 Å². The van der Waals surface area contributed by atoms with Crippen LogP contribution in [0.3, 0.4) is 0 Å². The molecule has 0 aliphatic carbocycles. The van der Waals surface area contributed by atoms with E-state index in [9.17, 15) is 8.76 Å². The summed E-state index contributed by atoms with van der Waals surface area (Å²) in [5.74, 6) is 0.329. The predicted octanol–water partition coefficient (Wildman–Crippen LogP) is -2.14. The van der Waals surface area contributed by atoms with Gasteiger partial charge < -0.3 is 8.74 Å². The zero-order valence-electron chi connectivity index (χ0n) is 6.02. The monoisotopic (exact) mass is 196 g/mol. The molecule has 0 radical (unpaired) electrons. The third kappa shape index (κ3) is 5.08. The molecule has 11 heavy (non-hydrogen) atoms. The van der Waals surface area contributed by atoms with Crippen molar-refractivity contribution in [2.24, 2.45) is 0 Å². The van der Waals surface area contributed by atoms with Gasteiger partial charge in [0.15, 0.2) is 0 Å². The van der Waals surface area contributed by atoms with E-state index in [2.05, 4.69) is 4.18 Å². The van der Waals surface area contributed by atoms with Gasteiger partial charge in [-0.2, -0.15) is 0 Å². The van der Waals surface area contributed by atoms with Crippen molar-refractivity contribution in [1.82, 2.24) is 0 Å². The van der Waals surface area contributed by atoms with Gasteiger partial charge in [-0.3, -0.25) is 0 Å². The molecule has 1 atom stereocenters.